The first kappa shape index (κ1) is 14.2. The molecule has 0 aromatic carbocycles. The highest BCUT2D eigenvalue weighted by atomic mass is 16.5. The van der Waals surface area contributed by atoms with Crippen molar-refractivity contribution in [3.05, 3.63) is 23.9 Å². The summed E-state index contributed by atoms with van der Waals surface area (Å²) in [4.78, 5) is 9.00. The number of nitrogens with two attached hydrogens (primary N) is 1. The Morgan fingerprint density at radius 3 is 3.00 bits per heavy atom. The molecule has 5 heteroatoms. The number of hydrogen-bond acceptors (Lipinski definition) is 5. The van der Waals surface area contributed by atoms with E-state index in [1.807, 2.05) is 6.20 Å². The third kappa shape index (κ3) is 3.89. The second kappa shape index (κ2) is 6.84. The first-order valence-electron chi connectivity index (χ1n) is 6.93. The van der Waals surface area contributed by atoms with Crippen LogP contribution >= 0.6 is 0 Å². The van der Waals surface area contributed by atoms with Gasteiger partial charge in [0.05, 0.1) is 12.7 Å². The summed E-state index contributed by atoms with van der Waals surface area (Å²) < 4.78 is 5.57. The number of nitrogens with zero attached hydrogens (tertiary/aromatic N) is 3. The van der Waals surface area contributed by atoms with Gasteiger partial charge >= 0.3 is 0 Å². The summed E-state index contributed by atoms with van der Waals surface area (Å²) >= 11 is 0. The third-order valence-electron chi connectivity index (χ3n) is 3.57. The van der Waals surface area contributed by atoms with Gasteiger partial charge in [-0.3, -0.25) is 4.90 Å². The van der Waals surface area contributed by atoms with E-state index in [-0.39, 0.29) is 6.10 Å². The Hall–Kier alpha value is -1.17. The largest absolute Gasteiger partial charge is 0.374 e. The van der Waals surface area contributed by atoms with Crippen LogP contribution in [-0.4, -0.2) is 55.8 Å². The molecule has 2 N–H and O–H groups in total. The number of ether oxygens (including phenoxy) is 1. The molecular formula is C14H24N4O. The van der Waals surface area contributed by atoms with Crippen LogP contribution in [0.1, 0.15) is 12.5 Å². The van der Waals surface area contributed by atoms with Crippen LogP contribution in [-0.2, 0) is 11.3 Å². The van der Waals surface area contributed by atoms with Crippen molar-refractivity contribution in [3.63, 3.8) is 0 Å². The van der Waals surface area contributed by atoms with Crippen LogP contribution in [0, 0.1) is 0 Å². The molecule has 0 radical (unpaired) electrons. The van der Waals surface area contributed by atoms with Gasteiger partial charge in [-0.2, -0.15) is 0 Å². The fourth-order valence-corrected chi connectivity index (χ4v) is 2.22. The van der Waals surface area contributed by atoms with E-state index >= 15 is 0 Å². The molecule has 2 heterocycles. The Bertz CT molecular complexity index is 382. The van der Waals surface area contributed by atoms with Crippen molar-refractivity contribution in [2.24, 2.45) is 5.73 Å². The Morgan fingerprint density at radius 1 is 1.53 bits per heavy atom. The van der Waals surface area contributed by atoms with Crippen molar-refractivity contribution in [2.45, 2.75) is 19.6 Å². The monoisotopic (exact) mass is 264 g/mol. The fourth-order valence-electron chi connectivity index (χ4n) is 2.22. The van der Waals surface area contributed by atoms with Crippen molar-refractivity contribution < 1.29 is 4.74 Å². The normalized spacial score (nSPS) is 20.5. The van der Waals surface area contributed by atoms with Crippen LogP contribution in [0.2, 0.25) is 0 Å². The van der Waals surface area contributed by atoms with E-state index < -0.39 is 0 Å². The topological polar surface area (TPSA) is 54.6 Å². The van der Waals surface area contributed by atoms with Gasteiger partial charge in [-0.15, -0.1) is 0 Å². The summed E-state index contributed by atoms with van der Waals surface area (Å²) in [5, 5.41) is 0. The summed E-state index contributed by atoms with van der Waals surface area (Å²) in [6.07, 6.45) is 2.14. The minimum Gasteiger partial charge on any atom is -0.374 e. The van der Waals surface area contributed by atoms with E-state index in [2.05, 4.69) is 40.9 Å². The Kier molecular flexibility index (Phi) is 5.13. The number of pyridine rings is 1. The molecule has 1 fully saturated rings. The molecule has 1 atom stereocenters. The zero-order valence-corrected chi connectivity index (χ0v) is 11.9. The first-order valence-corrected chi connectivity index (χ1v) is 6.93. The number of aromatic nitrogens is 1. The van der Waals surface area contributed by atoms with Gasteiger partial charge in [-0.25, -0.2) is 4.98 Å². The average molecular weight is 264 g/mol. The maximum absolute atomic E-state index is 5.66. The van der Waals surface area contributed by atoms with Crippen LogP contribution in [0.15, 0.2) is 18.3 Å². The lowest BCUT2D eigenvalue weighted by Crippen LogP contribution is -2.45. The van der Waals surface area contributed by atoms with E-state index in [0.717, 1.165) is 38.6 Å². The predicted octanol–water partition coefficient (Wildman–Crippen LogP) is 0.697. The molecule has 0 saturated carbocycles. The Morgan fingerprint density at radius 2 is 2.37 bits per heavy atom. The van der Waals surface area contributed by atoms with Gasteiger partial charge in [0.1, 0.15) is 5.82 Å². The fraction of sp³-hybridized carbons (Fsp3) is 0.643. The standard InChI is InChI=1S/C14H24N4O/c1-3-17(2)14-5-4-12(9-16-14)10-18-6-7-19-13(8-15)11-18/h4-5,9,13H,3,6-8,10-11,15H2,1-2H3. The van der Waals surface area contributed by atoms with Crippen molar-refractivity contribution in [3.8, 4) is 0 Å². The quantitative estimate of drug-likeness (QED) is 0.848. The molecule has 1 saturated heterocycles. The SMILES string of the molecule is CCN(C)c1ccc(CN2CCOC(CN)C2)cn1. The van der Waals surface area contributed by atoms with E-state index in [0.29, 0.717) is 6.54 Å². The van der Waals surface area contributed by atoms with Crippen molar-refractivity contribution in [1.29, 1.82) is 0 Å². The van der Waals surface area contributed by atoms with Crippen LogP contribution < -0.4 is 10.6 Å². The molecule has 0 spiro atoms. The Labute approximate surface area is 115 Å². The molecular weight excluding hydrogens is 240 g/mol. The van der Waals surface area contributed by atoms with Crippen LogP contribution in [0.4, 0.5) is 5.82 Å². The number of rotatable bonds is 5. The summed E-state index contributed by atoms with van der Waals surface area (Å²) in [5.41, 5.74) is 6.90. The maximum atomic E-state index is 5.66. The van der Waals surface area contributed by atoms with Crippen molar-refractivity contribution in [1.82, 2.24) is 9.88 Å². The maximum Gasteiger partial charge on any atom is 0.128 e. The Balaban J connectivity index is 1.92. The minimum absolute atomic E-state index is 0.173. The third-order valence-corrected chi connectivity index (χ3v) is 3.57. The molecule has 0 bridgehead atoms. The molecule has 19 heavy (non-hydrogen) atoms. The molecule has 2 rings (SSSR count). The molecule has 106 valence electrons. The van der Waals surface area contributed by atoms with Gasteiger partial charge in [-0.05, 0) is 18.6 Å². The second-order valence-electron chi connectivity index (χ2n) is 5.00. The molecule has 0 amide bonds. The van der Waals surface area contributed by atoms with Gasteiger partial charge in [-0.1, -0.05) is 6.07 Å². The number of morpholine rings is 1. The molecule has 1 unspecified atom stereocenters. The molecule has 1 aromatic rings. The van der Waals surface area contributed by atoms with Gasteiger partial charge < -0.3 is 15.4 Å². The summed E-state index contributed by atoms with van der Waals surface area (Å²) in [7, 11) is 2.05. The summed E-state index contributed by atoms with van der Waals surface area (Å²) in [6, 6.07) is 4.24. The molecule has 1 aliphatic heterocycles. The van der Waals surface area contributed by atoms with Crippen LogP contribution in [0.3, 0.4) is 0 Å². The first-order chi connectivity index (χ1) is 9.22. The highest BCUT2D eigenvalue weighted by Gasteiger charge is 2.19. The predicted molar refractivity (Wildman–Crippen MR) is 77.3 cm³/mol. The number of hydrogen-bond donors (Lipinski definition) is 1. The van der Waals surface area contributed by atoms with E-state index in [4.69, 9.17) is 10.5 Å². The molecule has 1 aromatic heterocycles. The van der Waals surface area contributed by atoms with Gasteiger partial charge in [0, 0.05) is 46.0 Å². The van der Waals surface area contributed by atoms with E-state index in [1.165, 1.54) is 5.56 Å². The van der Waals surface area contributed by atoms with Gasteiger partial charge in [0.2, 0.25) is 0 Å². The minimum atomic E-state index is 0.173. The molecule has 0 aliphatic carbocycles. The lowest BCUT2D eigenvalue weighted by molar-refractivity contribution is -0.0260. The van der Waals surface area contributed by atoms with Crippen molar-refractivity contribution >= 4 is 5.82 Å². The van der Waals surface area contributed by atoms with Crippen LogP contribution in [0.25, 0.3) is 0 Å². The highest BCUT2D eigenvalue weighted by molar-refractivity contribution is 5.37. The lowest BCUT2D eigenvalue weighted by atomic mass is 10.2. The van der Waals surface area contributed by atoms with E-state index in [1.54, 1.807) is 0 Å². The highest BCUT2D eigenvalue weighted by Crippen LogP contribution is 2.13. The van der Waals surface area contributed by atoms with Crippen LogP contribution in [0.5, 0.6) is 0 Å². The van der Waals surface area contributed by atoms with Gasteiger partial charge in [0.15, 0.2) is 0 Å². The lowest BCUT2D eigenvalue weighted by Gasteiger charge is -2.32. The van der Waals surface area contributed by atoms with Gasteiger partial charge in [0.25, 0.3) is 0 Å². The molecule has 5 nitrogen and oxygen atoms in total. The zero-order valence-electron chi connectivity index (χ0n) is 11.9. The average Bonchev–Trinajstić information content (AvgIpc) is 2.47. The van der Waals surface area contributed by atoms with Crippen molar-refractivity contribution in [2.75, 3.05) is 44.7 Å². The smallest absolute Gasteiger partial charge is 0.128 e. The van der Waals surface area contributed by atoms with E-state index in [9.17, 15) is 0 Å². The number of anilines is 1. The second-order valence-corrected chi connectivity index (χ2v) is 5.00. The summed E-state index contributed by atoms with van der Waals surface area (Å²) in [6.45, 7) is 7.24. The molecule has 1 aliphatic rings. The zero-order chi connectivity index (χ0) is 13.7. The summed E-state index contributed by atoms with van der Waals surface area (Å²) in [5.74, 6) is 1.02.